The van der Waals surface area contributed by atoms with Crippen molar-refractivity contribution in [2.45, 2.75) is 18.8 Å². The van der Waals surface area contributed by atoms with Gasteiger partial charge in [0.2, 0.25) is 5.91 Å². The van der Waals surface area contributed by atoms with E-state index in [9.17, 15) is 4.79 Å². The Balaban J connectivity index is 1.33. The van der Waals surface area contributed by atoms with Gasteiger partial charge in [-0.15, -0.1) is 0 Å². The van der Waals surface area contributed by atoms with E-state index in [1.165, 1.54) is 0 Å². The van der Waals surface area contributed by atoms with Crippen LogP contribution in [0.1, 0.15) is 24.5 Å². The van der Waals surface area contributed by atoms with E-state index in [0.717, 1.165) is 61.7 Å². The molecule has 0 radical (unpaired) electrons. The first kappa shape index (κ1) is 20.4. The number of carbonyl (C=O) groups excluding carboxylic acids is 1. The molecular weight excluding hydrogens is 414 g/mol. The second kappa shape index (κ2) is 8.94. The van der Waals surface area contributed by atoms with Gasteiger partial charge in [0.25, 0.3) is 0 Å². The molecule has 0 saturated carbocycles. The number of aromatic nitrogens is 3. The number of pyridine rings is 2. The molecule has 0 unspecified atom stereocenters. The molecule has 0 bridgehead atoms. The molecule has 0 spiro atoms. The Bertz CT molecular complexity index is 1080. The smallest absolute Gasteiger partial charge is 0.236 e. The average molecular weight is 440 g/mol. The number of halogens is 1. The van der Waals surface area contributed by atoms with Crippen molar-refractivity contribution >= 4 is 23.2 Å². The molecule has 0 aromatic carbocycles. The largest absolute Gasteiger partial charge is 0.379 e. The molecule has 2 fully saturated rings. The van der Waals surface area contributed by atoms with E-state index in [4.69, 9.17) is 21.3 Å². The second-order valence-electron chi connectivity index (χ2n) is 8.23. The topological polar surface area (TPSA) is 63.0 Å². The molecule has 2 saturated heterocycles. The van der Waals surface area contributed by atoms with Crippen molar-refractivity contribution in [1.82, 2.24) is 24.2 Å². The van der Waals surface area contributed by atoms with Crippen molar-refractivity contribution in [3.8, 4) is 11.4 Å². The molecule has 0 N–H and O–H groups in total. The van der Waals surface area contributed by atoms with E-state index in [1.807, 2.05) is 46.0 Å². The van der Waals surface area contributed by atoms with E-state index < -0.39 is 0 Å². The van der Waals surface area contributed by atoms with Crippen molar-refractivity contribution in [3.63, 3.8) is 0 Å². The van der Waals surface area contributed by atoms with Crippen LogP contribution >= 0.6 is 11.6 Å². The third kappa shape index (κ3) is 4.44. The van der Waals surface area contributed by atoms with Crippen LogP contribution in [0.15, 0.2) is 42.7 Å². The summed E-state index contributed by atoms with van der Waals surface area (Å²) in [6, 6.07) is 9.84. The standard InChI is InChI=1S/C23H26ClN5O2/c24-18-6-7-22-25-13-21(29(22)15-18)20-5-1-4-19(26-20)17-3-2-8-28(14-17)23(30)16-27-9-11-31-12-10-27/h1,4-7,13,15,17H,2-3,8-12,14,16H2/t17-/m1/s1. The molecule has 3 aromatic heterocycles. The number of fused-ring (bicyclic) bond motifs is 1. The van der Waals surface area contributed by atoms with Gasteiger partial charge in [-0.25, -0.2) is 4.98 Å². The van der Waals surface area contributed by atoms with Crippen LogP contribution in [0.4, 0.5) is 0 Å². The lowest BCUT2D eigenvalue weighted by atomic mass is 9.94. The summed E-state index contributed by atoms with van der Waals surface area (Å²) >= 11 is 6.19. The van der Waals surface area contributed by atoms with Crippen LogP contribution in [0.3, 0.4) is 0 Å². The van der Waals surface area contributed by atoms with E-state index in [0.29, 0.717) is 24.8 Å². The Hall–Kier alpha value is -2.48. The van der Waals surface area contributed by atoms with Gasteiger partial charge in [-0.2, -0.15) is 0 Å². The minimum Gasteiger partial charge on any atom is -0.379 e. The summed E-state index contributed by atoms with van der Waals surface area (Å²) < 4.78 is 7.35. The van der Waals surface area contributed by atoms with Gasteiger partial charge in [0.1, 0.15) is 5.65 Å². The molecule has 7 nitrogen and oxygen atoms in total. The van der Waals surface area contributed by atoms with E-state index in [2.05, 4.69) is 16.0 Å². The summed E-state index contributed by atoms with van der Waals surface area (Å²) in [4.78, 5) is 26.5. The molecule has 1 atom stereocenters. The predicted octanol–water partition coefficient (Wildman–Crippen LogP) is 3.09. The predicted molar refractivity (Wildman–Crippen MR) is 119 cm³/mol. The summed E-state index contributed by atoms with van der Waals surface area (Å²) in [7, 11) is 0. The lowest BCUT2D eigenvalue weighted by Crippen LogP contribution is -2.47. The first-order chi connectivity index (χ1) is 15.2. The number of morpholine rings is 1. The van der Waals surface area contributed by atoms with Gasteiger partial charge < -0.3 is 9.64 Å². The second-order valence-corrected chi connectivity index (χ2v) is 8.67. The fourth-order valence-corrected chi connectivity index (χ4v) is 4.62. The van der Waals surface area contributed by atoms with Crippen molar-refractivity contribution in [2.24, 2.45) is 0 Å². The van der Waals surface area contributed by atoms with E-state index >= 15 is 0 Å². The zero-order valence-electron chi connectivity index (χ0n) is 17.4. The van der Waals surface area contributed by atoms with Crippen LogP contribution in [0.2, 0.25) is 5.02 Å². The van der Waals surface area contributed by atoms with Crippen molar-refractivity contribution in [3.05, 3.63) is 53.4 Å². The van der Waals surface area contributed by atoms with Crippen LogP contribution in [0.25, 0.3) is 17.0 Å². The third-order valence-corrected chi connectivity index (χ3v) is 6.38. The summed E-state index contributed by atoms with van der Waals surface area (Å²) in [5, 5.41) is 0.657. The van der Waals surface area contributed by atoms with Gasteiger partial charge in [0.05, 0.1) is 42.4 Å². The van der Waals surface area contributed by atoms with Gasteiger partial charge in [0.15, 0.2) is 0 Å². The fourth-order valence-electron chi connectivity index (χ4n) is 4.46. The summed E-state index contributed by atoms with van der Waals surface area (Å²) in [5.41, 5.74) is 3.64. The number of imidazole rings is 1. The number of amides is 1. The maximum atomic E-state index is 12.9. The number of carbonyl (C=O) groups is 1. The highest BCUT2D eigenvalue weighted by Crippen LogP contribution is 2.28. The molecule has 0 aliphatic carbocycles. The molecule has 3 aromatic rings. The van der Waals surface area contributed by atoms with Crippen LogP contribution in [-0.2, 0) is 9.53 Å². The average Bonchev–Trinajstić information content (AvgIpc) is 3.23. The molecule has 2 aliphatic rings. The molecule has 5 heterocycles. The first-order valence-electron chi connectivity index (χ1n) is 10.9. The number of likely N-dealkylation sites (tertiary alicyclic amines) is 1. The fraction of sp³-hybridized carbons (Fsp3) is 0.435. The van der Waals surface area contributed by atoms with Gasteiger partial charge in [-0.05, 0) is 37.1 Å². The molecular formula is C23H26ClN5O2. The SMILES string of the molecule is O=C(CN1CCOCC1)N1CCC[C@@H](c2cccc(-c3cnc4ccc(Cl)cn34)n2)C1. The van der Waals surface area contributed by atoms with Crippen molar-refractivity contribution in [2.75, 3.05) is 45.9 Å². The Morgan fingerprint density at radius 1 is 1.16 bits per heavy atom. The molecule has 1 amide bonds. The number of hydrogen-bond donors (Lipinski definition) is 0. The molecule has 5 rings (SSSR count). The Morgan fingerprint density at radius 2 is 2.03 bits per heavy atom. The number of nitrogens with zero attached hydrogens (tertiary/aromatic N) is 5. The van der Waals surface area contributed by atoms with Crippen LogP contribution < -0.4 is 0 Å². The lowest BCUT2D eigenvalue weighted by Gasteiger charge is -2.35. The highest BCUT2D eigenvalue weighted by molar-refractivity contribution is 6.30. The molecule has 8 heteroatoms. The monoisotopic (exact) mass is 439 g/mol. The van der Waals surface area contributed by atoms with Crippen LogP contribution in [-0.4, -0.2) is 76.0 Å². The zero-order valence-corrected chi connectivity index (χ0v) is 18.2. The highest BCUT2D eigenvalue weighted by atomic mass is 35.5. The van der Waals surface area contributed by atoms with Gasteiger partial charge in [-0.1, -0.05) is 17.7 Å². The Kier molecular flexibility index (Phi) is 5.89. The van der Waals surface area contributed by atoms with Crippen LogP contribution in [0.5, 0.6) is 0 Å². The highest BCUT2D eigenvalue weighted by Gasteiger charge is 2.27. The summed E-state index contributed by atoms with van der Waals surface area (Å²) in [5.74, 6) is 0.448. The first-order valence-corrected chi connectivity index (χ1v) is 11.2. The number of piperidine rings is 1. The Labute approximate surface area is 186 Å². The third-order valence-electron chi connectivity index (χ3n) is 6.16. The normalized spacial score (nSPS) is 20.3. The Morgan fingerprint density at radius 3 is 2.90 bits per heavy atom. The van der Waals surface area contributed by atoms with E-state index in [-0.39, 0.29) is 11.8 Å². The van der Waals surface area contributed by atoms with Gasteiger partial charge in [0, 0.05) is 44.0 Å². The number of rotatable bonds is 4. The minimum absolute atomic E-state index is 0.208. The lowest BCUT2D eigenvalue weighted by molar-refractivity contribution is -0.134. The maximum absolute atomic E-state index is 12.9. The van der Waals surface area contributed by atoms with Crippen LogP contribution in [0, 0.1) is 0 Å². The van der Waals surface area contributed by atoms with Gasteiger partial charge in [-0.3, -0.25) is 19.1 Å². The number of hydrogen-bond acceptors (Lipinski definition) is 5. The number of ether oxygens (including phenoxy) is 1. The minimum atomic E-state index is 0.208. The van der Waals surface area contributed by atoms with Crippen molar-refractivity contribution < 1.29 is 9.53 Å². The van der Waals surface area contributed by atoms with E-state index in [1.54, 1.807) is 0 Å². The van der Waals surface area contributed by atoms with Gasteiger partial charge >= 0.3 is 0 Å². The zero-order chi connectivity index (χ0) is 21.2. The molecule has 162 valence electrons. The molecule has 2 aliphatic heterocycles. The quantitative estimate of drug-likeness (QED) is 0.625. The summed E-state index contributed by atoms with van der Waals surface area (Å²) in [6.07, 6.45) is 5.73. The molecule has 31 heavy (non-hydrogen) atoms. The summed E-state index contributed by atoms with van der Waals surface area (Å²) in [6.45, 7) is 5.10. The van der Waals surface area contributed by atoms with Crippen molar-refractivity contribution in [1.29, 1.82) is 0 Å². The maximum Gasteiger partial charge on any atom is 0.236 e.